The number of hydrogen-bond acceptors (Lipinski definition) is 11. The predicted molar refractivity (Wildman–Crippen MR) is 103 cm³/mol. The number of phosphoric ester groups is 1. The van der Waals surface area contributed by atoms with Crippen molar-refractivity contribution in [2.45, 2.75) is 30.5 Å². The summed E-state index contributed by atoms with van der Waals surface area (Å²) in [5, 5.41) is 15.4. The largest absolute Gasteiger partial charge is 0.490 e. The molecule has 1 aromatic heterocycles. The second-order valence-corrected chi connectivity index (χ2v) is 10.4. The molecule has 0 aliphatic heterocycles. The van der Waals surface area contributed by atoms with E-state index in [-0.39, 0.29) is 0 Å². The second kappa shape index (κ2) is 10.3. The highest BCUT2D eigenvalue weighted by molar-refractivity contribution is 7.66. The van der Waals surface area contributed by atoms with Crippen LogP contribution < -0.4 is 11.2 Å². The SMILES string of the molecule is [B]C([B])(OP(=O)(O)OP(=O)(O)OP(=O)(O)O)[C@@](F)(O[C@H](CO)n1ccc(=O)[nH]c1=O)[C@H](C)O. The van der Waals surface area contributed by atoms with Crippen molar-refractivity contribution in [3.05, 3.63) is 33.1 Å². The Bertz CT molecular complexity index is 1100. The topological polar surface area (TPSA) is 264 Å². The van der Waals surface area contributed by atoms with Crippen molar-refractivity contribution in [2.75, 3.05) is 6.61 Å². The quantitative estimate of drug-likeness (QED) is 0.107. The van der Waals surface area contributed by atoms with Crippen molar-refractivity contribution in [3.63, 3.8) is 0 Å². The minimum Gasteiger partial charge on any atom is -0.392 e. The van der Waals surface area contributed by atoms with Gasteiger partial charge in [0.1, 0.15) is 21.8 Å². The monoisotopic (exact) mass is 538 g/mol. The normalized spacial score (nSPS) is 20.2. The molecular weight excluding hydrogens is 522 g/mol. The summed E-state index contributed by atoms with van der Waals surface area (Å²) in [6, 6.07) is 0.750. The summed E-state index contributed by atoms with van der Waals surface area (Å²) in [5.74, 6) is -4.03. The molecule has 5 atom stereocenters. The van der Waals surface area contributed by atoms with Gasteiger partial charge in [-0.15, -0.1) is 0 Å². The molecular formula is C10H16B2FN2O15P3. The van der Waals surface area contributed by atoms with Crippen LogP contribution in [0.1, 0.15) is 13.2 Å². The highest BCUT2D eigenvalue weighted by atomic mass is 31.3. The number of hydrogen-bond donors (Lipinski definition) is 7. The first-order chi connectivity index (χ1) is 14.6. The fourth-order valence-electron chi connectivity index (χ4n) is 2.10. The first kappa shape index (κ1) is 30.1. The van der Waals surface area contributed by atoms with Crippen LogP contribution >= 0.6 is 23.5 Å². The Morgan fingerprint density at radius 2 is 1.70 bits per heavy atom. The van der Waals surface area contributed by atoms with Gasteiger partial charge in [0.25, 0.3) is 5.56 Å². The van der Waals surface area contributed by atoms with E-state index in [0.717, 1.165) is 12.3 Å². The zero-order valence-corrected chi connectivity index (χ0v) is 18.9. The zero-order chi connectivity index (χ0) is 26.0. The van der Waals surface area contributed by atoms with Gasteiger partial charge >= 0.3 is 29.2 Å². The number of aliphatic hydroxyl groups excluding tert-OH is 2. The van der Waals surface area contributed by atoms with E-state index in [1.807, 2.05) is 0 Å². The van der Waals surface area contributed by atoms with Gasteiger partial charge in [0.05, 0.1) is 12.0 Å². The molecule has 33 heavy (non-hydrogen) atoms. The highest BCUT2D eigenvalue weighted by Crippen LogP contribution is 2.67. The molecule has 0 amide bonds. The number of aliphatic hydroxyl groups is 2. The number of halogens is 1. The molecule has 0 aliphatic rings. The molecule has 17 nitrogen and oxygen atoms in total. The van der Waals surface area contributed by atoms with Gasteiger partial charge in [-0.25, -0.2) is 22.9 Å². The minimum absolute atomic E-state index is 0.388. The third kappa shape index (κ3) is 8.33. The lowest BCUT2D eigenvalue weighted by atomic mass is 9.59. The smallest absolute Gasteiger partial charge is 0.392 e. The van der Waals surface area contributed by atoms with Crippen LogP contribution in [0.4, 0.5) is 4.39 Å². The van der Waals surface area contributed by atoms with Crippen molar-refractivity contribution in [1.82, 2.24) is 9.55 Å². The van der Waals surface area contributed by atoms with Crippen LogP contribution in [0.25, 0.3) is 0 Å². The summed E-state index contributed by atoms with van der Waals surface area (Å²) in [6.45, 7) is -0.630. The molecule has 0 aromatic carbocycles. The Balaban J connectivity index is 3.29. The lowest BCUT2D eigenvalue weighted by Crippen LogP contribution is -2.62. The standard InChI is InChI=1S/C10H16B2FN2O15P3/c1-5(17)9(13,27-7(4-16)15-3-2-6(18)14-8(15)19)10(11,12)28-32(23,24)30-33(25,26)29-31(20,21)22/h2-3,5,7,16-17H,4H2,1H3,(H,23,24)(H,25,26)(H,14,18,19)(H2,20,21,22)/t5-,7+,9-/m0/s1. The molecule has 0 bridgehead atoms. The van der Waals surface area contributed by atoms with Crippen molar-refractivity contribution in [2.24, 2.45) is 0 Å². The number of ether oxygens (including phenoxy) is 1. The van der Waals surface area contributed by atoms with Crippen molar-refractivity contribution in [1.29, 1.82) is 0 Å². The summed E-state index contributed by atoms with van der Waals surface area (Å²) in [7, 11) is -7.41. The Labute approximate surface area is 185 Å². The van der Waals surface area contributed by atoms with E-state index in [0.29, 0.717) is 11.5 Å². The van der Waals surface area contributed by atoms with E-state index in [1.54, 1.807) is 4.98 Å². The van der Waals surface area contributed by atoms with Crippen LogP contribution in [-0.4, -0.2) is 79.0 Å². The summed E-state index contributed by atoms with van der Waals surface area (Å²) in [4.78, 5) is 60.4. The lowest BCUT2D eigenvalue weighted by Gasteiger charge is -2.44. The van der Waals surface area contributed by atoms with Crippen LogP contribution in [0.5, 0.6) is 0 Å². The van der Waals surface area contributed by atoms with Gasteiger partial charge in [-0.3, -0.25) is 18.9 Å². The van der Waals surface area contributed by atoms with Crippen LogP contribution in [0.15, 0.2) is 21.9 Å². The molecule has 0 fully saturated rings. The van der Waals surface area contributed by atoms with Crippen molar-refractivity contribution < 1.29 is 65.8 Å². The fraction of sp³-hybridized carbons (Fsp3) is 0.600. The maximum absolute atomic E-state index is 15.5. The summed E-state index contributed by atoms with van der Waals surface area (Å²) in [6.07, 6.45) is -3.88. The third-order valence-corrected chi connectivity index (χ3v) is 7.24. The highest BCUT2D eigenvalue weighted by Gasteiger charge is 2.56. The zero-order valence-electron chi connectivity index (χ0n) is 16.2. The first-order valence-electron chi connectivity index (χ1n) is 8.04. The van der Waals surface area contributed by atoms with Crippen molar-refractivity contribution in [3.8, 4) is 0 Å². The predicted octanol–water partition coefficient (Wildman–Crippen LogP) is -2.58. The number of aromatic amines is 1. The number of alkyl halides is 1. The molecule has 0 spiro atoms. The van der Waals surface area contributed by atoms with Gasteiger partial charge in [-0.05, 0) is 6.92 Å². The molecule has 1 aromatic rings. The van der Waals surface area contributed by atoms with Gasteiger partial charge < -0.3 is 34.5 Å². The fourth-order valence-corrected chi connectivity index (χ4v) is 5.25. The number of nitrogens with zero attached hydrogens (tertiary/aromatic N) is 1. The summed E-state index contributed by atoms with van der Waals surface area (Å²) >= 11 is 0. The molecule has 184 valence electrons. The molecule has 1 rings (SSSR count). The number of H-pyrrole nitrogens is 1. The molecule has 2 unspecified atom stereocenters. The van der Waals surface area contributed by atoms with Crippen LogP contribution in [0.2, 0.25) is 0 Å². The molecule has 0 saturated heterocycles. The van der Waals surface area contributed by atoms with E-state index in [4.69, 9.17) is 35.1 Å². The Morgan fingerprint density at radius 1 is 1.15 bits per heavy atom. The molecule has 7 N–H and O–H groups in total. The minimum atomic E-state index is -6.14. The Kier molecular flexibility index (Phi) is 9.42. The molecule has 23 heteroatoms. The van der Waals surface area contributed by atoms with Crippen LogP contribution in [0.3, 0.4) is 0 Å². The number of phosphoric acid groups is 3. The van der Waals surface area contributed by atoms with Crippen molar-refractivity contribution >= 4 is 39.2 Å². The van der Waals surface area contributed by atoms with Crippen LogP contribution in [-0.2, 0) is 31.6 Å². The maximum Gasteiger partial charge on any atom is 0.490 e. The average Bonchev–Trinajstić information content (AvgIpc) is 2.55. The molecule has 0 saturated carbocycles. The van der Waals surface area contributed by atoms with Gasteiger partial charge in [-0.2, -0.15) is 8.62 Å². The number of aromatic nitrogens is 2. The summed E-state index contributed by atoms with van der Waals surface area (Å²) in [5.41, 5.74) is -2.14. The first-order valence-corrected chi connectivity index (χ1v) is 12.6. The summed E-state index contributed by atoms with van der Waals surface area (Å²) < 4.78 is 65.5. The van der Waals surface area contributed by atoms with E-state index in [9.17, 15) is 38.4 Å². The van der Waals surface area contributed by atoms with E-state index < -0.39 is 64.9 Å². The Hall–Kier alpha value is -0.970. The number of rotatable bonds is 12. The molecule has 1 heterocycles. The Morgan fingerprint density at radius 3 is 2.12 bits per heavy atom. The van der Waals surface area contributed by atoms with E-state index >= 15 is 4.39 Å². The van der Waals surface area contributed by atoms with E-state index in [2.05, 4.69) is 13.1 Å². The second-order valence-electron chi connectivity index (χ2n) is 6.07. The molecule has 0 aliphatic carbocycles. The van der Waals surface area contributed by atoms with Crippen LogP contribution in [0, 0.1) is 0 Å². The lowest BCUT2D eigenvalue weighted by molar-refractivity contribution is -0.283. The average molecular weight is 538 g/mol. The van der Waals surface area contributed by atoms with E-state index in [1.165, 1.54) is 0 Å². The maximum atomic E-state index is 15.5. The van der Waals surface area contributed by atoms with Gasteiger partial charge in [0.15, 0.2) is 6.23 Å². The van der Waals surface area contributed by atoms with Gasteiger partial charge in [0.2, 0.25) is 5.85 Å². The van der Waals surface area contributed by atoms with Gasteiger partial charge in [-0.1, -0.05) is 0 Å². The van der Waals surface area contributed by atoms with Gasteiger partial charge in [0, 0.05) is 12.3 Å². The third-order valence-electron chi connectivity index (χ3n) is 3.38. The number of nitrogens with one attached hydrogen (secondary N) is 1. The molecule has 4 radical (unpaired) electrons.